The van der Waals surface area contributed by atoms with Gasteiger partial charge >= 0.3 is 6.09 Å². The van der Waals surface area contributed by atoms with Gasteiger partial charge in [0.05, 0.1) is 5.69 Å². The highest BCUT2D eigenvalue weighted by atomic mass is 35.5. The van der Waals surface area contributed by atoms with E-state index in [0.717, 1.165) is 10.6 Å². The maximum absolute atomic E-state index is 11.6. The molecule has 106 valence electrons. The Kier molecular flexibility index (Phi) is 4.35. The number of hydrogen-bond donors (Lipinski definition) is 1. The minimum absolute atomic E-state index is 0.200. The third kappa shape index (κ3) is 2.81. The van der Waals surface area contributed by atoms with Gasteiger partial charge in [0.2, 0.25) is 0 Å². The molecule has 5 heteroatoms. The Labute approximate surface area is 126 Å². The van der Waals surface area contributed by atoms with Crippen LogP contribution in [0.1, 0.15) is 25.3 Å². The molecule has 3 nitrogen and oxygen atoms in total. The van der Waals surface area contributed by atoms with Gasteiger partial charge in [-0.1, -0.05) is 31.5 Å². The molecule has 2 rings (SSSR count). The van der Waals surface area contributed by atoms with Crippen LogP contribution >= 0.6 is 22.1 Å². The van der Waals surface area contributed by atoms with Crippen molar-refractivity contribution in [2.24, 2.45) is 6.26 Å². The zero-order valence-electron chi connectivity index (χ0n) is 11.6. The Balaban J connectivity index is 2.49. The number of hydrogen-bond acceptors (Lipinski definition) is 1. The van der Waals surface area contributed by atoms with Crippen molar-refractivity contribution in [3.63, 3.8) is 0 Å². The summed E-state index contributed by atoms with van der Waals surface area (Å²) in [5.74, 6) is 0.308. The molecule has 0 bridgehead atoms. The fraction of sp³-hybridized carbons (Fsp3) is 0.267. The lowest BCUT2D eigenvalue weighted by Gasteiger charge is -2.17. The summed E-state index contributed by atoms with van der Waals surface area (Å²) in [7, 11) is -0.200. The average Bonchev–Trinajstić information content (AvgIpc) is 2.75. The number of thiophene rings is 1. The maximum Gasteiger partial charge on any atom is 0.420 e. The monoisotopic (exact) mass is 310 g/mol. The van der Waals surface area contributed by atoms with Gasteiger partial charge in [-0.2, -0.15) is 0 Å². The number of anilines is 2. The molecule has 1 amide bonds. The van der Waals surface area contributed by atoms with E-state index in [9.17, 15) is 9.90 Å². The number of halogens is 1. The van der Waals surface area contributed by atoms with Crippen molar-refractivity contribution >= 4 is 38.9 Å². The molecule has 20 heavy (non-hydrogen) atoms. The zero-order chi connectivity index (χ0) is 14.9. The molecule has 1 atom stereocenters. The molecule has 0 aliphatic rings. The van der Waals surface area contributed by atoms with E-state index in [1.807, 2.05) is 35.9 Å². The number of benzene rings is 1. The molecular weight excluding hydrogens is 294 g/mol. The summed E-state index contributed by atoms with van der Waals surface area (Å²) < 4.78 is 0. The standard InChI is InChI=1S/C15H16ClNO2S/c1-10(2)12-7-6-11(9-13(12)16)17(15(18)19)14-5-4-8-20(14)3/h4-10H,1-3H3/p+1. The quantitative estimate of drug-likeness (QED) is 0.753. The smallest absolute Gasteiger partial charge is 0.420 e. The Morgan fingerprint density at radius 1 is 1.35 bits per heavy atom. The van der Waals surface area contributed by atoms with E-state index >= 15 is 0 Å². The largest absolute Gasteiger partial charge is 0.464 e. The van der Waals surface area contributed by atoms with Crippen LogP contribution in [0.4, 0.5) is 15.5 Å². The number of rotatable bonds is 3. The van der Waals surface area contributed by atoms with Crippen LogP contribution in [0.25, 0.3) is 0 Å². The minimum Gasteiger partial charge on any atom is -0.464 e. The topological polar surface area (TPSA) is 40.5 Å². The lowest BCUT2D eigenvalue weighted by molar-refractivity contribution is 0.205. The molecule has 0 aliphatic carbocycles. The summed E-state index contributed by atoms with van der Waals surface area (Å²) in [5.41, 5.74) is 1.61. The fourth-order valence-corrected chi connectivity index (χ4v) is 3.70. The highest BCUT2D eigenvalue weighted by Gasteiger charge is 2.25. The maximum atomic E-state index is 11.6. The second-order valence-corrected chi connectivity index (χ2v) is 7.08. The van der Waals surface area contributed by atoms with E-state index < -0.39 is 6.09 Å². The number of carboxylic acid groups (broad SMARTS) is 1. The van der Waals surface area contributed by atoms with Gasteiger partial charge in [-0.3, -0.25) is 0 Å². The highest BCUT2D eigenvalue weighted by Crippen LogP contribution is 2.38. The van der Waals surface area contributed by atoms with Gasteiger partial charge < -0.3 is 5.11 Å². The van der Waals surface area contributed by atoms with Crippen LogP contribution in [-0.2, 0) is 6.26 Å². The molecule has 1 unspecified atom stereocenters. The second kappa shape index (κ2) is 5.85. The Morgan fingerprint density at radius 2 is 2.05 bits per heavy atom. The molecule has 0 saturated heterocycles. The lowest BCUT2D eigenvalue weighted by Crippen LogP contribution is -2.23. The van der Waals surface area contributed by atoms with Crippen LogP contribution in [0.15, 0.2) is 35.7 Å². The predicted molar refractivity (Wildman–Crippen MR) is 85.6 cm³/mol. The third-order valence-electron chi connectivity index (χ3n) is 3.13. The molecule has 0 saturated carbocycles. The molecule has 0 spiro atoms. The fourth-order valence-electron chi connectivity index (χ4n) is 2.09. The van der Waals surface area contributed by atoms with Crippen LogP contribution in [0.3, 0.4) is 0 Å². The van der Waals surface area contributed by atoms with Gasteiger partial charge in [-0.25, -0.2) is 9.69 Å². The summed E-state index contributed by atoms with van der Waals surface area (Å²) in [6.45, 7) is 4.12. The summed E-state index contributed by atoms with van der Waals surface area (Å²) in [4.78, 5) is 12.9. The molecule has 1 aromatic heterocycles. The van der Waals surface area contributed by atoms with Crippen molar-refractivity contribution < 1.29 is 9.90 Å². The molecule has 0 fully saturated rings. The first-order chi connectivity index (χ1) is 9.41. The van der Waals surface area contributed by atoms with Crippen LogP contribution in [0, 0.1) is 0 Å². The first-order valence-electron chi connectivity index (χ1n) is 6.27. The molecule has 0 radical (unpaired) electrons. The Hall–Kier alpha value is -1.52. The van der Waals surface area contributed by atoms with E-state index in [4.69, 9.17) is 11.6 Å². The molecule has 0 aliphatic heterocycles. The van der Waals surface area contributed by atoms with E-state index in [-0.39, 0.29) is 10.5 Å². The van der Waals surface area contributed by atoms with Gasteiger partial charge in [0.25, 0.3) is 5.00 Å². The third-order valence-corrected chi connectivity index (χ3v) is 5.00. The van der Waals surface area contributed by atoms with Gasteiger partial charge in [0, 0.05) is 11.1 Å². The number of nitrogens with zero attached hydrogens (tertiary/aromatic N) is 1. The summed E-state index contributed by atoms with van der Waals surface area (Å²) in [5, 5.41) is 12.9. The minimum atomic E-state index is -0.993. The van der Waals surface area contributed by atoms with E-state index in [1.165, 1.54) is 4.90 Å². The molecule has 1 aromatic carbocycles. The van der Waals surface area contributed by atoms with Crippen LogP contribution in [-0.4, -0.2) is 11.2 Å². The van der Waals surface area contributed by atoms with Crippen molar-refractivity contribution in [2.75, 3.05) is 4.90 Å². The molecular formula is C15H17ClNO2S+. The van der Waals surface area contributed by atoms with Gasteiger partial charge in [-0.15, -0.1) is 0 Å². The zero-order valence-corrected chi connectivity index (χ0v) is 13.2. The second-order valence-electron chi connectivity index (χ2n) is 4.87. The lowest BCUT2D eigenvalue weighted by atomic mass is 10.0. The molecule has 1 N–H and O–H groups in total. The molecule has 1 heterocycles. The molecule has 2 aromatic rings. The van der Waals surface area contributed by atoms with Crippen LogP contribution in [0.2, 0.25) is 5.02 Å². The number of aryl methyl sites for hydroxylation is 1. The predicted octanol–water partition coefficient (Wildman–Crippen LogP) is 5.57. The van der Waals surface area contributed by atoms with E-state index in [2.05, 4.69) is 13.8 Å². The van der Waals surface area contributed by atoms with Crippen molar-refractivity contribution in [1.29, 1.82) is 0 Å². The average molecular weight is 311 g/mol. The Bertz CT molecular complexity index is 637. The first kappa shape index (κ1) is 14.9. The van der Waals surface area contributed by atoms with Gasteiger partial charge in [0.1, 0.15) is 11.6 Å². The van der Waals surface area contributed by atoms with E-state index in [1.54, 1.807) is 6.07 Å². The van der Waals surface area contributed by atoms with Crippen molar-refractivity contribution in [2.45, 2.75) is 19.8 Å². The Morgan fingerprint density at radius 3 is 2.50 bits per heavy atom. The number of carbonyl (C=O) groups is 1. The summed E-state index contributed by atoms with van der Waals surface area (Å²) >= 11 is 6.26. The summed E-state index contributed by atoms with van der Waals surface area (Å²) in [6, 6.07) is 9.15. The van der Waals surface area contributed by atoms with Crippen LogP contribution < -0.4 is 4.90 Å². The highest BCUT2D eigenvalue weighted by molar-refractivity contribution is 7.31. The van der Waals surface area contributed by atoms with Gasteiger partial charge in [-0.05, 0) is 40.2 Å². The van der Waals surface area contributed by atoms with Crippen molar-refractivity contribution in [1.82, 2.24) is 0 Å². The van der Waals surface area contributed by atoms with Crippen LogP contribution in [0.5, 0.6) is 0 Å². The van der Waals surface area contributed by atoms with E-state index in [0.29, 0.717) is 16.6 Å². The summed E-state index contributed by atoms with van der Waals surface area (Å²) in [6.07, 6.45) is 1.00. The normalized spacial score (nSPS) is 11.8. The van der Waals surface area contributed by atoms with Crippen molar-refractivity contribution in [3.8, 4) is 0 Å². The number of amides is 1. The van der Waals surface area contributed by atoms with Gasteiger partial charge in [0.15, 0.2) is 0 Å². The van der Waals surface area contributed by atoms with Crippen molar-refractivity contribution in [3.05, 3.63) is 46.3 Å². The SMILES string of the molecule is CC(C)c1ccc(N(C(=O)O)c2ccc[s+]2C)cc1Cl. The first-order valence-corrected chi connectivity index (χ1v) is 8.35.